The Hall–Kier alpha value is -2.73. The molecule has 0 bridgehead atoms. The van der Waals surface area contributed by atoms with E-state index >= 15 is 0 Å². The van der Waals surface area contributed by atoms with E-state index in [9.17, 15) is 9.59 Å². The van der Waals surface area contributed by atoms with Gasteiger partial charge in [-0.05, 0) is 42.9 Å². The van der Waals surface area contributed by atoms with Gasteiger partial charge in [0.1, 0.15) is 6.54 Å². The first-order valence-corrected chi connectivity index (χ1v) is 8.91. The maximum Gasteiger partial charge on any atom is 0.326 e. The third-order valence-corrected chi connectivity index (χ3v) is 3.94. The molecule has 2 aromatic carbocycles. The number of nitrogens with zero attached hydrogens (tertiary/aromatic N) is 1. The number of esters is 1. The molecule has 0 unspecified atom stereocenters. The fraction of sp³-hybridized carbons (Fsp3) is 0.250. The number of hydrogen-bond donors (Lipinski definition) is 1. The maximum atomic E-state index is 12.3. The highest BCUT2D eigenvalue weighted by molar-refractivity contribution is 7.80. The van der Waals surface area contributed by atoms with Crippen molar-refractivity contribution in [1.82, 2.24) is 5.32 Å². The number of carbonyl (C=O) groups is 2. The van der Waals surface area contributed by atoms with Crippen molar-refractivity contribution < 1.29 is 14.3 Å². The lowest BCUT2D eigenvalue weighted by atomic mass is 10.2. The first-order valence-electron chi connectivity index (χ1n) is 8.50. The van der Waals surface area contributed by atoms with Crippen LogP contribution in [0.15, 0.2) is 60.7 Å². The fourth-order valence-corrected chi connectivity index (χ4v) is 2.48. The van der Waals surface area contributed by atoms with Crippen LogP contribution in [0.4, 0.5) is 5.69 Å². The molecule has 26 heavy (non-hydrogen) atoms. The number of para-hydroxylation sites is 1. The summed E-state index contributed by atoms with van der Waals surface area (Å²) in [7, 11) is 0. The van der Waals surface area contributed by atoms with E-state index < -0.39 is 5.97 Å². The molecule has 2 rings (SSSR count). The highest BCUT2D eigenvalue weighted by Gasteiger charge is 2.19. The van der Waals surface area contributed by atoms with Crippen LogP contribution in [0.1, 0.15) is 30.1 Å². The van der Waals surface area contributed by atoms with Crippen molar-refractivity contribution in [3.05, 3.63) is 66.2 Å². The lowest BCUT2D eigenvalue weighted by Gasteiger charge is -2.24. The summed E-state index contributed by atoms with van der Waals surface area (Å²) in [4.78, 5) is 26.0. The minimum Gasteiger partial charge on any atom is -0.464 e. The quantitative estimate of drug-likeness (QED) is 0.459. The van der Waals surface area contributed by atoms with Crippen molar-refractivity contribution in [3.8, 4) is 0 Å². The van der Waals surface area contributed by atoms with Crippen molar-refractivity contribution in [1.29, 1.82) is 0 Å². The van der Waals surface area contributed by atoms with Crippen LogP contribution in [0, 0.1) is 0 Å². The number of amides is 1. The number of carbonyl (C=O) groups excluding carboxylic acids is 2. The second-order valence-electron chi connectivity index (χ2n) is 5.62. The molecular formula is C20H22N2O3S. The Balaban J connectivity index is 2.09. The number of ether oxygens (including phenoxy) is 1. The third-order valence-electron chi connectivity index (χ3n) is 3.62. The first kappa shape index (κ1) is 19.6. The summed E-state index contributed by atoms with van der Waals surface area (Å²) in [5, 5.41) is 2.83. The van der Waals surface area contributed by atoms with Crippen molar-refractivity contribution in [2.75, 3.05) is 18.1 Å². The molecule has 2 aromatic rings. The van der Waals surface area contributed by atoms with Gasteiger partial charge in [-0.3, -0.25) is 14.9 Å². The second-order valence-corrected chi connectivity index (χ2v) is 6.01. The summed E-state index contributed by atoms with van der Waals surface area (Å²) in [5.41, 5.74) is 1.20. The average molecular weight is 370 g/mol. The molecule has 0 saturated heterocycles. The maximum absolute atomic E-state index is 12.3. The van der Waals surface area contributed by atoms with Gasteiger partial charge in [-0.25, -0.2) is 0 Å². The molecule has 1 N–H and O–H groups in total. The third kappa shape index (κ3) is 5.97. The Morgan fingerprint density at radius 1 is 1.04 bits per heavy atom. The molecule has 0 aliphatic carbocycles. The molecule has 0 fully saturated rings. The molecule has 6 heteroatoms. The topological polar surface area (TPSA) is 58.6 Å². The lowest BCUT2D eigenvalue weighted by molar-refractivity contribution is -0.141. The van der Waals surface area contributed by atoms with Crippen molar-refractivity contribution in [2.45, 2.75) is 19.8 Å². The summed E-state index contributed by atoms with van der Waals surface area (Å²) in [6.45, 7) is 2.33. The number of benzene rings is 2. The standard InChI is InChI=1S/C20H22N2O3S/c1-2-3-14-25-18(23)15-22(17-12-8-5-9-13-17)20(26)21-19(24)16-10-6-4-7-11-16/h4-13H,2-3,14-15H2,1H3,(H,21,24,26). The Labute approximate surface area is 159 Å². The molecule has 0 atom stereocenters. The van der Waals surface area contributed by atoms with E-state index in [1.165, 1.54) is 0 Å². The van der Waals surface area contributed by atoms with Crippen LogP contribution < -0.4 is 10.2 Å². The van der Waals surface area contributed by atoms with E-state index in [0.717, 1.165) is 12.8 Å². The minimum absolute atomic E-state index is 0.0678. The molecule has 0 aliphatic rings. The van der Waals surface area contributed by atoms with Gasteiger partial charge < -0.3 is 9.64 Å². The SMILES string of the molecule is CCCCOC(=O)CN(C(=S)NC(=O)c1ccccc1)c1ccccc1. The number of hydrogen-bond acceptors (Lipinski definition) is 4. The summed E-state index contributed by atoms with van der Waals surface area (Å²) in [6, 6.07) is 18.0. The van der Waals surface area contributed by atoms with Crippen LogP contribution in [0.25, 0.3) is 0 Å². The van der Waals surface area contributed by atoms with Gasteiger partial charge in [0.2, 0.25) is 0 Å². The smallest absolute Gasteiger partial charge is 0.326 e. The fourth-order valence-electron chi connectivity index (χ4n) is 2.22. The van der Waals surface area contributed by atoms with Crippen LogP contribution in [0.5, 0.6) is 0 Å². The van der Waals surface area contributed by atoms with Gasteiger partial charge in [0.15, 0.2) is 5.11 Å². The summed E-state index contributed by atoms with van der Waals surface area (Å²) >= 11 is 5.37. The van der Waals surface area contributed by atoms with E-state index in [4.69, 9.17) is 17.0 Å². The predicted octanol–water partition coefficient (Wildman–Crippen LogP) is 3.55. The van der Waals surface area contributed by atoms with Crippen LogP contribution in [-0.2, 0) is 9.53 Å². The molecule has 0 spiro atoms. The predicted molar refractivity (Wildman–Crippen MR) is 106 cm³/mol. The summed E-state index contributed by atoms with van der Waals surface area (Å²) < 4.78 is 5.22. The van der Waals surface area contributed by atoms with E-state index in [0.29, 0.717) is 17.9 Å². The first-order chi connectivity index (χ1) is 12.6. The van der Waals surface area contributed by atoms with Gasteiger partial charge >= 0.3 is 5.97 Å². The molecule has 1 amide bonds. The Kier molecular flexibility index (Phi) is 7.76. The molecule has 0 radical (unpaired) electrons. The van der Waals surface area contributed by atoms with Crippen molar-refractivity contribution >= 4 is 34.9 Å². The molecule has 0 aliphatic heterocycles. The highest BCUT2D eigenvalue weighted by Crippen LogP contribution is 2.14. The number of anilines is 1. The van der Waals surface area contributed by atoms with E-state index in [1.807, 2.05) is 43.3 Å². The Morgan fingerprint density at radius 2 is 1.65 bits per heavy atom. The number of rotatable bonds is 7. The van der Waals surface area contributed by atoms with Gasteiger partial charge in [0.05, 0.1) is 6.61 Å². The number of thiocarbonyl (C=S) groups is 1. The van der Waals surface area contributed by atoms with E-state index in [-0.39, 0.29) is 17.6 Å². The normalized spacial score (nSPS) is 10.0. The lowest BCUT2D eigenvalue weighted by Crippen LogP contribution is -2.45. The minimum atomic E-state index is -0.390. The summed E-state index contributed by atoms with van der Waals surface area (Å²) in [5.74, 6) is -0.713. The van der Waals surface area contributed by atoms with E-state index in [2.05, 4.69) is 5.32 Å². The molecule has 0 saturated carbocycles. The summed E-state index contributed by atoms with van der Waals surface area (Å²) in [6.07, 6.45) is 1.76. The van der Waals surface area contributed by atoms with E-state index in [1.54, 1.807) is 29.2 Å². The highest BCUT2D eigenvalue weighted by atomic mass is 32.1. The second kappa shape index (κ2) is 10.3. The molecule has 0 aromatic heterocycles. The van der Waals surface area contributed by atoms with Crippen molar-refractivity contribution in [2.24, 2.45) is 0 Å². The molecule has 0 heterocycles. The Bertz CT molecular complexity index is 735. The van der Waals surface area contributed by atoms with Gasteiger partial charge in [0.25, 0.3) is 5.91 Å². The number of nitrogens with one attached hydrogen (secondary N) is 1. The largest absolute Gasteiger partial charge is 0.464 e. The zero-order valence-electron chi connectivity index (χ0n) is 14.7. The van der Waals surface area contributed by atoms with Gasteiger partial charge in [0, 0.05) is 11.3 Å². The van der Waals surface area contributed by atoms with Gasteiger partial charge in [-0.2, -0.15) is 0 Å². The van der Waals surface area contributed by atoms with Crippen LogP contribution in [0.2, 0.25) is 0 Å². The zero-order chi connectivity index (χ0) is 18.8. The molecule has 5 nitrogen and oxygen atoms in total. The van der Waals surface area contributed by atoms with Gasteiger partial charge in [-0.15, -0.1) is 0 Å². The zero-order valence-corrected chi connectivity index (χ0v) is 15.5. The van der Waals surface area contributed by atoms with Crippen LogP contribution >= 0.6 is 12.2 Å². The monoisotopic (exact) mass is 370 g/mol. The van der Waals surface area contributed by atoms with Crippen LogP contribution in [0.3, 0.4) is 0 Å². The van der Waals surface area contributed by atoms with Gasteiger partial charge in [-0.1, -0.05) is 49.7 Å². The molecular weight excluding hydrogens is 348 g/mol. The number of unbranched alkanes of at least 4 members (excludes halogenated alkanes) is 1. The van der Waals surface area contributed by atoms with Crippen LogP contribution in [-0.4, -0.2) is 30.1 Å². The average Bonchev–Trinajstić information content (AvgIpc) is 2.67. The Morgan fingerprint density at radius 3 is 2.27 bits per heavy atom. The van der Waals surface area contributed by atoms with Crippen molar-refractivity contribution in [3.63, 3.8) is 0 Å². The molecule has 136 valence electrons.